The normalized spacial score (nSPS) is 33.3. The van der Waals surface area contributed by atoms with Crippen LogP contribution in [0.5, 0.6) is 0 Å². The highest BCUT2D eigenvalue weighted by Crippen LogP contribution is 2.40. The highest BCUT2D eigenvalue weighted by Gasteiger charge is 2.56. The van der Waals surface area contributed by atoms with Gasteiger partial charge in [0.2, 0.25) is 0 Å². The van der Waals surface area contributed by atoms with Crippen LogP contribution in [0.4, 0.5) is 0 Å². The zero-order chi connectivity index (χ0) is 17.6. The highest BCUT2D eigenvalue weighted by molar-refractivity contribution is 5.16. The number of nitrogens with zero attached hydrogens (tertiary/aromatic N) is 4. The largest absolute Gasteiger partial charge is 0.392 e. The number of fused-ring (bicyclic) bond motifs is 2. The van der Waals surface area contributed by atoms with E-state index in [-0.39, 0.29) is 11.6 Å². The second kappa shape index (κ2) is 6.84. The summed E-state index contributed by atoms with van der Waals surface area (Å²) in [5.41, 5.74) is 1.51. The third-order valence-electron chi connectivity index (χ3n) is 6.82. The molecule has 2 unspecified atom stereocenters. The summed E-state index contributed by atoms with van der Waals surface area (Å²) in [5, 5.41) is 10.3. The molecule has 0 saturated carbocycles. The van der Waals surface area contributed by atoms with E-state index < -0.39 is 0 Å². The van der Waals surface area contributed by atoms with E-state index >= 15 is 0 Å². The summed E-state index contributed by atoms with van der Waals surface area (Å²) >= 11 is 0. The smallest absolute Gasteiger partial charge is 0.0682 e. The first-order chi connectivity index (χ1) is 12.7. The Morgan fingerprint density at radius 1 is 1.15 bits per heavy atom. The number of hydrogen-bond donors (Lipinski definition) is 1. The van der Waals surface area contributed by atoms with Gasteiger partial charge in [-0.25, -0.2) is 0 Å². The van der Waals surface area contributed by atoms with Gasteiger partial charge in [-0.15, -0.1) is 0 Å². The van der Waals surface area contributed by atoms with Crippen molar-refractivity contribution in [1.29, 1.82) is 0 Å². The topological polar surface area (TPSA) is 52.1 Å². The SMILES string of the molecule is OC1CC2CN(Cc3cccnc3)CC3(CN(C4CCOCC4)C3)N2C1. The van der Waals surface area contributed by atoms with E-state index in [1.165, 1.54) is 18.4 Å². The fourth-order valence-electron chi connectivity index (χ4n) is 5.69. The second-order valence-electron chi connectivity index (χ2n) is 8.70. The number of aliphatic hydroxyl groups excluding tert-OH is 1. The Bertz CT molecular complexity index is 615. The number of aliphatic hydroxyl groups is 1. The molecule has 142 valence electrons. The lowest BCUT2D eigenvalue weighted by Gasteiger charge is -2.63. The molecule has 4 saturated heterocycles. The number of piperazine rings is 1. The summed E-state index contributed by atoms with van der Waals surface area (Å²) in [6, 6.07) is 5.38. The maximum Gasteiger partial charge on any atom is 0.0682 e. The van der Waals surface area contributed by atoms with E-state index in [2.05, 4.69) is 25.8 Å². The maximum atomic E-state index is 10.3. The Kier molecular flexibility index (Phi) is 4.49. The molecule has 4 aliphatic heterocycles. The fraction of sp³-hybridized carbons (Fsp3) is 0.750. The molecule has 1 aromatic rings. The van der Waals surface area contributed by atoms with Crippen molar-refractivity contribution in [3.8, 4) is 0 Å². The molecule has 1 N–H and O–H groups in total. The zero-order valence-corrected chi connectivity index (χ0v) is 15.5. The van der Waals surface area contributed by atoms with Gasteiger partial charge in [0.05, 0.1) is 11.6 Å². The minimum Gasteiger partial charge on any atom is -0.392 e. The Labute approximate surface area is 155 Å². The summed E-state index contributed by atoms with van der Waals surface area (Å²) in [6.07, 6.45) is 6.92. The van der Waals surface area contributed by atoms with Gasteiger partial charge >= 0.3 is 0 Å². The van der Waals surface area contributed by atoms with Gasteiger partial charge in [0.1, 0.15) is 0 Å². The Morgan fingerprint density at radius 2 is 2.00 bits per heavy atom. The van der Waals surface area contributed by atoms with Crippen molar-refractivity contribution in [2.24, 2.45) is 0 Å². The third-order valence-corrected chi connectivity index (χ3v) is 6.82. The van der Waals surface area contributed by atoms with Crippen molar-refractivity contribution in [3.05, 3.63) is 30.1 Å². The van der Waals surface area contributed by atoms with E-state index in [0.29, 0.717) is 12.1 Å². The van der Waals surface area contributed by atoms with Gasteiger partial charge in [0.25, 0.3) is 0 Å². The van der Waals surface area contributed by atoms with Gasteiger partial charge in [-0.2, -0.15) is 0 Å². The van der Waals surface area contributed by atoms with Crippen molar-refractivity contribution >= 4 is 0 Å². The van der Waals surface area contributed by atoms with E-state index in [4.69, 9.17) is 4.74 Å². The van der Waals surface area contributed by atoms with E-state index in [9.17, 15) is 5.11 Å². The molecule has 5 rings (SSSR count). The third kappa shape index (κ3) is 3.08. The van der Waals surface area contributed by atoms with Crippen molar-refractivity contribution in [2.75, 3.05) is 45.9 Å². The first-order valence-corrected chi connectivity index (χ1v) is 10.1. The summed E-state index contributed by atoms with van der Waals surface area (Å²) in [7, 11) is 0. The van der Waals surface area contributed by atoms with Gasteiger partial charge in [-0.1, -0.05) is 6.07 Å². The molecule has 1 spiro atoms. The summed E-state index contributed by atoms with van der Waals surface area (Å²) in [5.74, 6) is 0. The minimum atomic E-state index is -0.160. The molecule has 4 aliphatic rings. The number of hydrogen-bond acceptors (Lipinski definition) is 6. The fourth-order valence-corrected chi connectivity index (χ4v) is 5.69. The molecular formula is C20H30N4O2. The van der Waals surface area contributed by atoms with E-state index in [0.717, 1.165) is 58.9 Å². The molecule has 6 nitrogen and oxygen atoms in total. The standard InChI is InChI=1S/C20H30N4O2/c25-19-8-18-11-22(10-16-2-1-5-21-9-16)13-20(24(18)12-19)14-23(15-20)17-3-6-26-7-4-17/h1-2,5,9,17-19,25H,3-4,6-8,10-15H2. The van der Waals surface area contributed by atoms with Gasteiger partial charge in [-0.05, 0) is 30.9 Å². The maximum absolute atomic E-state index is 10.3. The lowest BCUT2D eigenvalue weighted by molar-refractivity contribution is -0.137. The van der Waals surface area contributed by atoms with E-state index in [1.54, 1.807) is 0 Å². The van der Waals surface area contributed by atoms with Crippen LogP contribution in [-0.2, 0) is 11.3 Å². The molecule has 2 atom stereocenters. The zero-order valence-electron chi connectivity index (χ0n) is 15.5. The number of pyridine rings is 1. The molecule has 0 aliphatic carbocycles. The molecule has 26 heavy (non-hydrogen) atoms. The molecule has 6 heteroatoms. The predicted molar refractivity (Wildman–Crippen MR) is 98.8 cm³/mol. The van der Waals surface area contributed by atoms with Crippen molar-refractivity contribution < 1.29 is 9.84 Å². The quantitative estimate of drug-likeness (QED) is 0.852. The van der Waals surface area contributed by atoms with Crippen LogP contribution < -0.4 is 0 Å². The first kappa shape index (κ1) is 17.1. The average Bonchev–Trinajstić information content (AvgIpc) is 3.01. The molecule has 0 aromatic carbocycles. The van der Waals surface area contributed by atoms with Crippen LogP contribution in [0.1, 0.15) is 24.8 Å². The molecule has 0 bridgehead atoms. The van der Waals surface area contributed by atoms with Gasteiger partial charge in [0.15, 0.2) is 0 Å². The summed E-state index contributed by atoms with van der Waals surface area (Å²) < 4.78 is 5.54. The van der Waals surface area contributed by atoms with Gasteiger partial charge in [0, 0.05) is 77.0 Å². The summed E-state index contributed by atoms with van der Waals surface area (Å²) in [6.45, 7) is 8.09. The minimum absolute atomic E-state index is 0.160. The van der Waals surface area contributed by atoms with Gasteiger partial charge < -0.3 is 9.84 Å². The van der Waals surface area contributed by atoms with Gasteiger partial charge in [-0.3, -0.25) is 19.7 Å². The van der Waals surface area contributed by atoms with Crippen molar-refractivity contribution in [3.63, 3.8) is 0 Å². The molecule has 1 aromatic heterocycles. The second-order valence-corrected chi connectivity index (χ2v) is 8.70. The van der Waals surface area contributed by atoms with Crippen molar-refractivity contribution in [1.82, 2.24) is 19.7 Å². The molecule has 0 radical (unpaired) electrons. The number of aromatic nitrogens is 1. The monoisotopic (exact) mass is 358 g/mol. The van der Waals surface area contributed by atoms with Crippen LogP contribution in [0.2, 0.25) is 0 Å². The molecule has 4 fully saturated rings. The average molecular weight is 358 g/mol. The lowest BCUT2D eigenvalue weighted by Crippen LogP contribution is -2.79. The first-order valence-electron chi connectivity index (χ1n) is 10.1. The van der Waals surface area contributed by atoms with Crippen molar-refractivity contribution in [2.45, 2.75) is 49.5 Å². The number of ether oxygens (including phenoxy) is 1. The van der Waals surface area contributed by atoms with E-state index in [1.807, 2.05) is 18.5 Å². The molecule has 0 amide bonds. The predicted octanol–water partition coefficient (Wildman–Crippen LogP) is 0.566. The number of likely N-dealkylation sites (tertiary alicyclic amines) is 1. The summed E-state index contributed by atoms with van der Waals surface area (Å²) in [4.78, 5) is 12.2. The molecule has 5 heterocycles. The van der Waals surface area contributed by atoms with Crippen LogP contribution >= 0.6 is 0 Å². The van der Waals surface area contributed by atoms with Crippen LogP contribution in [0.15, 0.2) is 24.5 Å². The number of β-amino-alcohol motifs (C(OH)–C–C–N with tert-alkyl or cyclic N) is 1. The van der Waals surface area contributed by atoms with Crippen LogP contribution in [0.3, 0.4) is 0 Å². The van der Waals surface area contributed by atoms with Crippen LogP contribution in [0.25, 0.3) is 0 Å². The number of rotatable bonds is 3. The Hall–Kier alpha value is -1.05. The lowest BCUT2D eigenvalue weighted by atomic mass is 9.81. The Morgan fingerprint density at radius 3 is 2.77 bits per heavy atom. The molecular weight excluding hydrogens is 328 g/mol. The Balaban J connectivity index is 1.30. The van der Waals surface area contributed by atoms with Crippen LogP contribution in [0, 0.1) is 0 Å². The van der Waals surface area contributed by atoms with Crippen LogP contribution in [-0.4, -0.2) is 94.5 Å². The highest BCUT2D eigenvalue weighted by atomic mass is 16.5.